The average molecular weight is 280 g/mol. The van der Waals surface area contributed by atoms with Crippen LogP contribution in [0.3, 0.4) is 0 Å². The molecule has 1 amide bonds. The number of unbranched alkanes of at least 4 members (excludes halogenated alkanes) is 2. The van der Waals surface area contributed by atoms with Gasteiger partial charge >= 0.3 is 0 Å². The maximum Gasteiger partial charge on any atom is 0.241 e. The monoisotopic (exact) mass is 280 g/mol. The molecule has 0 bridgehead atoms. The quantitative estimate of drug-likeness (QED) is 0.810. The van der Waals surface area contributed by atoms with Crippen LogP contribution < -0.4 is 5.32 Å². The van der Waals surface area contributed by atoms with Crippen molar-refractivity contribution in [1.29, 1.82) is 0 Å². The molecule has 0 aromatic carbocycles. The van der Waals surface area contributed by atoms with Gasteiger partial charge in [-0.15, -0.1) is 11.3 Å². The fourth-order valence-electron chi connectivity index (χ4n) is 2.57. The van der Waals surface area contributed by atoms with Gasteiger partial charge in [0, 0.05) is 11.4 Å². The van der Waals surface area contributed by atoms with Gasteiger partial charge in [-0.3, -0.25) is 10.1 Å². The first-order valence-corrected chi connectivity index (χ1v) is 8.13. The van der Waals surface area contributed by atoms with E-state index >= 15 is 0 Å². The van der Waals surface area contributed by atoms with Crippen molar-refractivity contribution >= 4 is 17.2 Å². The number of rotatable bonds is 6. The Morgan fingerprint density at radius 3 is 2.79 bits per heavy atom. The molecule has 0 spiro atoms. The molecule has 2 rings (SSSR count). The minimum absolute atomic E-state index is 0.0336. The first kappa shape index (κ1) is 14.5. The van der Waals surface area contributed by atoms with Crippen LogP contribution in [0, 0.1) is 5.92 Å². The molecule has 2 atom stereocenters. The van der Waals surface area contributed by atoms with Crippen molar-refractivity contribution in [2.45, 2.75) is 52.2 Å². The van der Waals surface area contributed by atoms with Crippen molar-refractivity contribution in [3.8, 4) is 0 Å². The van der Waals surface area contributed by atoms with E-state index in [-0.39, 0.29) is 18.1 Å². The molecule has 1 fully saturated rings. The largest absolute Gasteiger partial charge is 0.321 e. The first-order chi connectivity index (χ1) is 9.15. The Morgan fingerprint density at radius 1 is 1.42 bits per heavy atom. The molecule has 3 nitrogen and oxygen atoms in total. The highest BCUT2D eigenvalue weighted by Crippen LogP contribution is 2.30. The van der Waals surface area contributed by atoms with E-state index in [2.05, 4.69) is 43.6 Å². The van der Waals surface area contributed by atoms with Gasteiger partial charge in [0.2, 0.25) is 5.91 Å². The zero-order valence-corrected chi connectivity index (χ0v) is 12.9. The molecular weight excluding hydrogens is 256 g/mol. The second-order valence-electron chi connectivity index (χ2n) is 5.55. The summed E-state index contributed by atoms with van der Waals surface area (Å²) >= 11 is 1.72. The molecule has 4 heteroatoms. The summed E-state index contributed by atoms with van der Waals surface area (Å²) in [5, 5.41) is 5.58. The summed E-state index contributed by atoms with van der Waals surface area (Å²) in [5.41, 5.74) is 0. The van der Waals surface area contributed by atoms with Crippen molar-refractivity contribution in [2.75, 3.05) is 6.54 Å². The van der Waals surface area contributed by atoms with Crippen LogP contribution in [0.25, 0.3) is 0 Å². The molecule has 1 aliphatic heterocycles. The number of nitrogens with one attached hydrogen (secondary N) is 1. The molecular formula is C15H24N2OS. The number of nitrogens with zero attached hydrogens (tertiary/aromatic N) is 1. The average Bonchev–Trinajstić information content (AvgIpc) is 2.98. The topological polar surface area (TPSA) is 32.3 Å². The Morgan fingerprint density at radius 2 is 2.21 bits per heavy atom. The van der Waals surface area contributed by atoms with Crippen molar-refractivity contribution in [3.05, 3.63) is 22.4 Å². The predicted molar refractivity (Wildman–Crippen MR) is 80.1 cm³/mol. The standard InChI is InChI=1S/C15H24N2OS/c1-4-5-6-9-17-14(12-8-7-10-19-12)16-13(11(2)3)15(17)18/h7-8,10-11,13-14,16H,4-6,9H2,1-3H3. The number of carbonyl (C=O) groups excluding carboxylic acids is 1. The third-order valence-electron chi connectivity index (χ3n) is 3.68. The van der Waals surface area contributed by atoms with Gasteiger partial charge < -0.3 is 4.90 Å². The second kappa shape index (κ2) is 6.53. The highest BCUT2D eigenvalue weighted by Gasteiger charge is 2.40. The lowest BCUT2D eigenvalue weighted by Crippen LogP contribution is -2.34. The van der Waals surface area contributed by atoms with Crippen LogP contribution in [0.2, 0.25) is 0 Å². The van der Waals surface area contributed by atoms with Crippen LogP contribution in [0.4, 0.5) is 0 Å². The first-order valence-electron chi connectivity index (χ1n) is 7.25. The van der Waals surface area contributed by atoms with Crippen LogP contribution in [-0.2, 0) is 4.79 Å². The second-order valence-corrected chi connectivity index (χ2v) is 6.52. The summed E-state index contributed by atoms with van der Waals surface area (Å²) in [6, 6.07) is 4.14. The molecule has 2 heterocycles. The van der Waals surface area contributed by atoms with Gasteiger partial charge in [-0.2, -0.15) is 0 Å². The maximum atomic E-state index is 12.5. The van der Waals surface area contributed by atoms with E-state index in [4.69, 9.17) is 0 Å². The summed E-state index contributed by atoms with van der Waals surface area (Å²) in [5.74, 6) is 0.607. The molecule has 0 radical (unpaired) electrons. The lowest BCUT2D eigenvalue weighted by molar-refractivity contribution is -0.130. The molecule has 1 aromatic rings. The number of thiophene rings is 1. The highest BCUT2D eigenvalue weighted by molar-refractivity contribution is 7.10. The van der Waals surface area contributed by atoms with E-state index in [9.17, 15) is 4.79 Å². The molecule has 2 unspecified atom stereocenters. The Hall–Kier alpha value is -0.870. The van der Waals surface area contributed by atoms with E-state index in [1.54, 1.807) is 11.3 Å². The van der Waals surface area contributed by atoms with Crippen LogP contribution in [-0.4, -0.2) is 23.4 Å². The molecule has 0 saturated carbocycles. The van der Waals surface area contributed by atoms with Crippen molar-refractivity contribution < 1.29 is 4.79 Å². The minimum Gasteiger partial charge on any atom is -0.321 e. The van der Waals surface area contributed by atoms with Crippen molar-refractivity contribution in [1.82, 2.24) is 10.2 Å². The van der Waals surface area contributed by atoms with Gasteiger partial charge in [-0.05, 0) is 23.8 Å². The highest BCUT2D eigenvalue weighted by atomic mass is 32.1. The number of hydrogen-bond acceptors (Lipinski definition) is 3. The van der Waals surface area contributed by atoms with Crippen LogP contribution in [0.5, 0.6) is 0 Å². The summed E-state index contributed by atoms with van der Waals surface area (Å²) in [4.78, 5) is 15.8. The normalized spacial score (nSPS) is 23.6. The van der Waals surface area contributed by atoms with E-state index in [1.165, 1.54) is 17.7 Å². The summed E-state index contributed by atoms with van der Waals surface area (Å²) in [6.07, 6.45) is 3.55. The Kier molecular flexibility index (Phi) is 4.99. The fourth-order valence-corrected chi connectivity index (χ4v) is 3.36. The third kappa shape index (κ3) is 3.18. The molecule has 1 aliphatic rings. The predicted octanol–water partition coefficient (Wildman–Crippen LogP) is 3.39. The number of carbonyl (C=O) groups is 1. The zero-order valence-electron chi connectivity index (χ0n) is 12.1. The fraction of sp³-hybridized carbons (Fsp3) is 0.667. The Balaban J connectivity index is 2.12. The summed E-state index contributed by atoms with van der Waals surface area (Å²) in [7, 11) is 0. The summed E-state index contributed by atoms with van der Waals surface area (Å²) < 4.78 is 0. The minimum atomic E-state index is -0.0336. The Labute approximate surface area is 120 Å². The molecule has 1 aromatic heterocycles. The number of hydrogen-bond donors (Lipinski definition) is 1. The SMILES string of the molecule is CCCCCN1C(=O)C(C(C)C)NC1c1cccs1. The van der Waals surface area contributed by atoms with Gasteiger partial charge in [-0.25, -0.2) is 0 Å². The van der Waals surface area contributed by atoms with Crippen LogP contribution in [0.1, 0.15) is 51.1 Å². The van der Waals surface area contributed by atoms with E-state index < -0.39 is 0 Å². The molecule has 106 valence electrons. The van der Waals surface area contributed by atoms with Gasteiger partial charge in [0.15, 0.2) is 0 Å². The van der Waals surface area contributed by atoms with Crippen molar-refractivity contribution in [2.24, 2.45) is 5.92 Å². The van der Waals surface area contributed by atoms with E-state index in [0.717, 1.165) is 13.0 Å². The molecule has 1 saturated heterocycles. The lowest BCUT2D eigenvalue weighted by Gasteiger charge is -2.23. The van der Waals surface area contributed by atoms with Gasteiger partial charge in [0.25, 0.3) is 0 Å². The van der Waals surface area contributed by atoms with Gasteiger partial charge in [-0.1, -0.05) is 39.7 Å². The molecule has 19 heavy (non-hydrogen) atoms. The molecule has 0 aliphatic carbocycles. The van der Waals surface area contributed by atoms with Crippen LogP contribution >= 0.6 is 11.3 Å². The maximum absolute atomic E-state index is 12.5. The zero-order chi connectivity index (χ0) is 13.8. The van der Waals surface area contributed by atoms with Crippen LogP contribution in [0.15, 0.2) is 17.5 Å². The van der Waals surface area contributed by atoms with Gasteiger partial charge in [0.1, 0.15) is 6.17 Å². The lowest BCUT2D eigenvalue weighted by atomic mass is 10.1. The smallest absolute Gasteiger partial charge is 0.241 e. The summed E-state index contributed by atoms with van der Waals surface area (Å²) in [6.45, 7) is 7.27. The van der Waals surface area contributed by atoms with E-state index in [1.807, 2.05) is 4.90 Å². The van der Waals surface area contributed by atoms with E-state index in [0.29, 0.717) is 5.92 Å². The van der Waals surface area contributed by atoms with Gasteiger partial charge in [0.05, 0.1) is 6.04 Å². The molecule has 1 N–H and O–H groups in total. The third-order valence-corrected chi connectivity index (χ3v) is 4.60. The Bertz CT molecular complexity index is 402. The van der Waals surface area contributed by atoms with Crippen molar-refractivity contribution in [3.63, 3.8) is 0 Å². The number of amides is 1.